The second-order valence-electron chi connectivity index (χ2n) is 6.58. The molecule has 1 saturated heterocycles. The Bertz CT molecular complexity index is 385. The van der Waals surface area contributed by atoms with E-state index in [1.165, 1.54) is 4.90 Å². The molecule has 2 aliphatic rings. The Morgan fingerprint density at radius 1 is 1.37 bits per heavy atom. The standard InChI is InChI=1S/C13H22N2O4/c1-12(2,3)19-10(16)14-9-7-15(11(17)18)8-13(9)5-4-6-13/h9H,4-8H2,1-3H3,(H,14,16)(H,17,18). The Morgan fingerprint density at radius 2 is 2.00 bits per heavy atom. The molecule has 1 spiro atoms. The molecule has 19 heavy (non-hydrogen) atoms. The monoisotopic (exact) mass is 270 g/mol. The summed E-state index contributed by atoms with van der Waals surface area (Å²) >= 11 is 0. The first-order valence-electron chi connectivity index (χ1n) is 6.69. The molecule has 0 radical (unpaired) electrons. The summed E-state index contributed by atoms with van der Waals surface area (Å²) in [7, 11) is 0. The van der Waals surface area contributed by atoms with E-state index in [9.17, 15) is 9.59 Å². The Morgan fingerprint density at radius 3 is 2.42 bits per heavy atom. The highest BCUT2D eigenvalue weighted by Gasteiger charge is 2.52. The molecule has 108 valence electrons. The van der Waals surface area contributed by atoms with Gasteiger partial charge >= 0.3 is 12.2 Å². The highest BCUT2D eigenvalue weighted by molar-refractivity contribution is 5.69. The third-order valence-electron chi connectivity index (χ3n) is 3.96. The van der Waals surface area contributed by atoms with Crippen LogP contribution < -0.4 is 5.32 Å². The average Bonchev–Trinajstić information content (AvgIpc) is 2.53. The minimum absolute atomic E-state index is 0.0741. The van der Waals surface area contributed by atoms with Crippen molar-refractivity contribution in [1.82, 2.24) is 10.2 Å². The van der Waals surface area contributed by atoms with Crippen LogP contribution in [0.25, 0.3) is 0 Å². The summed E-state index contributed by atoms with van der Waals surface area (Å²) in [6, 6.07) is -0.132. The average molecular weight is 270 g/mol. The van der Waals surface area contributed by atoms with E-state index in [1.807, 2.05) is 20.8 Å². The molecule has 0 bridgehead atoms. The summed E-state index contributed by atoms with van der Waals surface area (Å²) in [6.45, 7) is 6.30. The van der Waals surface area contributed by atoms with Crippen molar-refractivity contribution < 1.29 is 19.4 Å². The van der Waals surface area contributed by atoms with Gasteiger partial charge in [0, 0.05) is 18.5 Å². The number of carbonyl (C=O) groups excluding carboxylic acids is 1. The van der Waals surface area contributed by atoms with E-state index in [4.69, 9.17) is 9.84 Å². The second kappa shape index (κ2) is 4.58. The lowest BCUT2D eigenvalue weighted by Crippen LogP contribution is -2.51. The van der Waals surface area contributed by atoms with Gasteiger partial charge in [-0.3, -0.25) is 0 Å². The van der Waals surface area contributed by atoms with Crippen molar-refractivity contribution >= 4 is 12.2 Å². The lowest BCUT2D eigenvalue weighted by atomic mass is 9.66. The van der Waals surface area contributed by atoms with Crippen molar-refractivity contribution in [3.8, 4) is 0 Å². The van der Waals surface area contributed by atoms with Crippen molar-refractivity contribution in [3.05, 3.63) is 0 Å². The second-order valence-corrected chi connectivity index (χ2v) is 6.58. The number of likely N-dealkylation sites (tertiary alicyclic amines) is 1. The Kier molecular flexibility index (Phi) is 3.36. The molecule has 6 nitrogen and oxygen atoms in total. The highest BCUT2D eigenvalue weighted by Crippen LogP contribution is 2.48. The summed E-state index contributed by atoms with van der Waals surface area (Å²) in [4.78, 5) is 24.3. The van der Waals surface area contributed by atoms with Gasteiger partial charge in [0.15, 0.2) is 0 Å². The number of nitrogens with one attached hydrogen (secondary N) is 1. The van der Waals surface area contributed by atoms with Crippen LogP contribution in [0, 0.1) is 5.41 Å². The number of carbonyl (C=O) groups is 2. The fourth-order valence-corrected chi connectivity index (χ4v) is 2.90. The van der Waals surface area contributed by atoms with Crippen molar-refractivity contribution in [2.75, 3.05) is 13.1 Å². The number of rotatable bonds is 1. The third kappa shape index (κ3) is 2.93. The molecule has 1 heterocycles. The van der Waals surface area contributed by atoms with Gasteiger partial charge in [0.1, 0.15) is 5.60 Å². The van der Waals surface area contributed by atoms with Crippen LogP contribution in [-0.2, 0) is 4.74 Å². The first-order valence-corrected chi connectivity index (χ1v) is 6.69. The Labute approximate surface area is 113 Å². The summed E-state index contributed by atoms with van der Waals surface area (Å²) in [5.74, 6) is 0. The molecule has 2 fully saturated rings. The van der Waals surface area contributed by atoms with E-state index in [-0.39, 0.29) is 11.5 Å². The maximum absolute atomic E-state index is 11.8. The minimum atomic E-state index is -0.917. The smallest absolute Gasteiger partial charge is 0.407 e. The summed E-state index contributed by atoms with van der Waals surface area (Å²) in [6.07, 6.45) is 1.66. The van der Waals surface area contributed by atoms with E-state index in [0.29, 0.717) is 13.1 Å². The number of carboxylic acid groups (broad SMARTS) is 1. The summed E-state index contributed by atoms with van der Waals surface area (Å²) < 4.78 is 5.24. The van der Waals surface area contributed by atoms with Gasteiger partial charge in [-0.05, 0) is 33.6 Å². The fraction of sp³-hybridized carbons (Fsp3) is 0.846. The van der Waals surface area contributed by atoms with Crippen LogP contribution in [0.3, 0.4) is 0 Å². The summed E-state index contributed by atoms with van der Waals surface area (Å²) in [5, 5.41) is 11.9. The largest absolute Gasteiger partial charge is 0.465 e. The van der Waals surface area contributed by atoms with E-state index >= 15 is 0 Å². The number of amides is 2. The van der Waals surface area contributed by atoms with Gasteiger partial charge < -0.3 is 20.1 Å². The molecule has 2 rings (SSSR count). The first kappa shape index (κ1) is 14.0. The highest BCUT2D eigenvalue weighted by atomic mass is 16.6. The molecule has 1 aliphatic carbocycles. The van der Waals surface area contributed by atoms with E-state index < -0.39 is 17.8 Å². The van der Waals surface area contributed by atoms with E-state index in [0.717, 1.165) is 19.3 Å². The number of alkyl carbamates (subject to hydrolysis) is 1. The Hall–Kier alpha value is -1.46. The predicted octanol–water partition coefficient (Wildman–Crippen LogP) is 2.04. The molecule has 0 aromatic rings. The van der Waals surface area contributed by atoms with Crippen LogP contribution in [0.1, 0.15) is 40.0 Å². The molecule has 1 saturated carbocycles. The van der Waals surface area contributed by atoms with Gasteiger partial charge in [0.05, 0.1) is 6.04 Å². The normalized spacial score (nSPS) is 25.0. The van der Waals surface area contributed by atoms with Crippen molar-refractivity contribution in [2.45, 2.75) is 51.7 Å². The van der Waals surface area contributed by atoms with Crippen molar-refractivity contribution in [1.29, 1.82) is 0 Å². The topological polar surface area (TPSA) is 78.9 Å². The molecule has 0 aromatic carbocycles. The molecular weight excluding hydrogens is 248 g/mol. The quantitative estimate of drug-likeness (QED) is 0.764. The van der Waals surface area contributed by atoms with Crippen LogP contribution in [0.15, 0.2) is 0 Å². The van der Waals surface area contributed by atoms with E-state index in [2.05, 4.69) is 5.32 Å². The lowest BCUT2D eigenvalue weighted by Gasteiger charge is -2.42. The lowest BCUT2D eigenvalue weighted by molar-refractivity contribution is 0.0404. The van der Waals surface area contributed by atoms with Crippen molar-refractivity contribution in [3.63, 3.8) is 0 Å². The van der Waals surface area contributed by atoms with Gasteiger partial charge in [0.25, 0.3) is 0 Å². The number of hydrogen-bond acceptors (Lipinski definition) is 3. The van der Waals surface area contributed by atoms with Crippen LogP contribution in [0.5, 0.6) is 0 Å². The predicted molar refractivity (Wildman–Crippen MR) is 69.0 cm³/mol. The van der Waals surface area contributed by atoms with Crippen LogP contribution in [0.4, 0.5) is 9.59 Å². The van der Waals surface area contributed by atoms with E-state index in [1.54, 1.807) is 0 Å². The zero-order valence-electron chi connectivity index (χ0n) is 11.7. The van der Waals surface area contributed by atoms with Gasteiger partial charge in [0.2, 0.25) is 0 Å². The molecule has 1 atom stereocenters. The fourth-order valence-electron chi connectivity index (χ4n) is 2.90. The zero-order valence-corrected chi connectivity index (χ0v) is 11.7. The third-order valence-corrected chi connectivity index (χ3v) is 3.96. The molecule has 1 aliphatic heterocycles. The molecule has 2 amide bonds. The zero-order chi connectivity index (χ0) is 14.3. The van der Waals surface area contributed by atoms with Crippen LogP contribution in [0.2, 0.25) is 0 Å². The van der Waals surface area contributed by atoms with Crippen LogP contribution >= 0.6 is 0 Å². The van der Waals surface area contributed by atoms with Gasteiger partial charge in [-0.15, -0.1) is 0 Å². The Balaban J connectivity index is 1.98. The molecule has 1 unspecified atom stereocenters. The SMILES string of the molecule is CC(C)(C)OC(=O)NC1CN(C(=O)O)CC12CCC2. The number of ether oxygens (including phenoxy) is 1. The molecule has 2 N–H and O–H groups in total. The maximum Gasteiger partial charge on any atom is 0.407 e. The number of nitrogens with zero attached hydrogens (tertiary/aromatic N) is 1. The van der Waals surface area contributed by atoms with Crippen molar-refractivity contribution in [2.24, 2.45) is 5.41 Å². The van der Waals surface area contributed by atoms with Gasteiger partial charge in [-0.1, -0.05) is 6.42 Å². The van der Waals surface area contributed by atoms with Crippen LogP contribution in [-0.4, -0.2) is 46.9 Å². The van der Waals surface area contributed by atoms with Gasteiger partial charge in [-0.25, -0.2) is 9.59 Å². The number of hydrogen-bond donors (Lipinski definition) is 2. The minimum Gasteiger partial charge on any atom is -0.465 e. The maximum atomic E-state index is 11.8. The van der Waals surface area contributed by atoms with Gasteiger partial charge in [-0.2, -0.15) is 0 Å². The first-order chi connectivity index (χ1) is 8.72. The summed E-state index contributed by atoms with van der Waals surface area (Å²) in [5.41, 5.74) is -0.614. The molecule has 6 heteroatoms. The molecule has 0 aromatic heterocycles. The molecular formula is C13H22N2O4.